The molecule has 0 radical (unpaired) electrons. The summed E-state index contributed by atoms with van der Waals surface area (Å²) in [7, 11) is -1.41. The molecule has 0 saturated carbocycles. The molecule has 0 bridgehead atoms. The van der Waals surface area contributed by atoms with E-state index < -0.39 is 7.12 Å². The van der Waals surface area contributed by atoms with Gasteiger partial charge in [-0.15, -0.1) is 0 Å². The Morgan fingerprint density at radius 2 is 1.69 bits per heavy atom. The minimum atomic E-state index is -1.41. The maximum atomic E-state index is 8.92. The summed E-state index contributed by atoms with van der Waals surface area (Å²) in [6, 6.07) is 5.24. The molecule has 0 amide bonds. The molecule has 1 aliphatic carbocycles. The van der Waals surface area contributed by atoms with Crippen LogP contribution in [0.5, 0.6) is 0 Å². The molecular formula is C10H7BO2. The second-order valence-electron chi connectivity index (χ2n) is 2.84. The third-order valence-corrected chi connectivity index (χ3v) is 1.95. The number of fused-ring (bicyclic) bond motifs is 1. The van der Waals surface area contributed by atoms with Crippen molar-refractivity contribution in [2.45, 2.75) is 0 Å². The van der Waals surface area contributed by atoms with Crippen molar-refractivity contribution < 1.29 is 10.0 Å². The molecule has 0 saturated heterocycles. The van der Waals surface area contributed by atoms with Gasteiger partial charge in [0.25, 0.3) is 0 Å². The Bertz CT molecular complexity index is 436. The summed E-state index contributed by atoms with van der Waals surface area (Å²) >= 11 is 0. The van der Waals surface area contributed by atoms with Gasteiger partial charge in [-0.3, -0.25) is 0 Å². The highest BCUT2D eigenvalue weighted by atomic mass is 16.4. The zero-order valence-electron chi connectivity index (χ0n) is 6.86. The summed E-state index contributed by atoms with van der Waals surface area (Å²) in [5.74, 6) is 0. The lowest BCUT2D eigenvalue weighted by Crippen LogP contribution is -2.29. The largest absolute Gasteiger partial charge is 0.488 e. The van der Waals surface area contributed by atoms with Crippen LogP contribution in [-0.4, -0.2) is 17.2 Å². The van der Waals surface area contributed by atoms with Crippen LogP contribution >= 0.6 is 0 Å². The summed E-state index contributed by atoms with van der Waals surface area (Å²) < 4.78 is 0. The molecule has 2 N–H and O–H groups in total. The van der Waals surface area contributed by atoms with Gasteiger partial charge in [0.15, 0.2) is 0 Å². The lowest BCUT2D eigenvalue weighted by atomic mass is 9.78. The van der Waals surface area contributed by atoms with Gasteiger partial charge in [-0.25, -0.2) is 0 Å². The minimum Gasteiger partial charge on any atom is -0.423 e. The molecule has 2 rings (SSSR count). The molecule has 0 heterocycles. The van der Waals surface area contributed by atoms with Crippen molar-refractivity contribution in [3.63, 3.8) is 0 Å². The van der Waals surface area contributed by atoms with Crippen LogP contribution < -0.4 is 5.46 Å². The van der Waals surface area contributed by atoms with E-state index >= 15 is 0 Å². The average Bonchev–Trinajstić information content (AvgIpc) is 2.17. The summed E-state index contributed by atoms with van der Waals surface area (Å²) in [4.78, 5) is 0. The third-order valence-electron chi connectivity index (χ3n) is 1.95. The van der Waals surface area contributed by atoms with E-state index in [1.54, 1.807) is 18.2 Å². The Balaban J connectivity index is 2.53. The minimum absolute atomic E-state index is 0.493. The second kappa shape index (κ2) is 3.10. The highest BCUT2D eigenvalue weighted by Gasteiger charge is 2.11. The van der Waals surface area contributed by atoms with E-state index in [9.17, 15) is 0 Å². The van der Waals surface area contributed by atoms with Crippen LogP contribution in [0.4, 0.5) is 0 Å². The van der Waals surface area contributed by atoms with Crippen molar-refractivity contribution in [3.8, 4) is 0 Å². The summed E-state index contributed by atoms with van der Waals surface area (Å²) in [6.07, 6.45) is 3.57. The molecule has 0 atom stereocenters. The number of rotatable bonds is 1. The lowest BCUT2D eigenvalue weighted by molar-refractivity contribution is 0.426. The van der Waals surface area contributed by atoms with Crippen molar-refractivity contribution >= 4 is 24.7 Å². The molecule has 0 aliphatic heterocycles. The van der Waals surface area contributed by atoms with Gasteiger partial charge in [0.05, 0.1) is 0 Å². The Morgan fingerprint density at radius 3 is 2.38 bits per heavy atom. The van der Waals surface area contributed by atoms with Crippen LogP contribution in [0.15, 0.2) is 29.7 Å². The molecule has 1 aromatic rings. The van der Waals surface area contributed by atoms with Crippen LogP contribution in [0.1, 0.15) is 11.1 Å². The van der Waals surface area contributed by atoms with Gasteiger partial charge in [0, 0.05) is 0 Å². The molecule has 0 unspecified atom stereocenters. The first-order valence-electron chi connectivity index (χ1n) is 3.95. The first kappa shape index (κ1) is 8.12. The van der Waals surface area contributed by atoms with E-state index in [0.29, 0.717) is 5.46 Å². The van der Waals surface area contributed by atoms with Crippen LogP contribution in [0.3, 0.4) is 0 Å². The van der Waals surface area contributed by atoms with Gasteiger partial charge in [-0.05, 0) is 28.7 Å². The quantitative estimate of drug-likeness (QED) is 0.472. The summed E-state index contributed by atoms with van der Waals surface area (Å²) in [6.45, 7) is 0. The van der Waals surface area contributed by atoms with Gasteiger partial charge >= 0.3 is 7.12 Å². The van der Waals surface area contributed by atoms with E-state index in [1.807, 2.05) is 12.1 Å². The van der Waals surface area contributed by atoms with Crippen molar-refractivity contribution in [1.29, 1.82) is 0 Å². The van der Waals surface area contributed by atoms with Gasteiger partial charge in [-0.1, -0.05) is 29.7 Å². The van der Waals surface area contributed by atoms with E-state index in [1.165, 1.54) is 0 Å². The van der Waals surface area contributed by atoms with Gasteiger partial charge in [0.1, 0.15) is 0 Å². The van der Waals surface area contributed by atoms with Crippen molar-refractivity contribution in [2.24, 2.45) is 0 Å². The molecule has 1 aromatic carbocycles. The van der Waals surface area contributed by atoms with Crippen molar-refractivity contribution in [3.05, 3.63) is 40.8 Å². The number of hydrogen-bond donors (Lipinski definition) is 2. The Labute approximate surface area is 76.3 Å². The van der Waals surface area contributed by atoms with Gasteiger partial charge < -0.3 is 10.0 Å². The first-order valence-corrected chi connectivity index (χ1v) is 3.95. The standard InChI is InChI=1S/C10H7BO2/c12-11(13)10-6-5-8-3-1-2-4-9(8)7-10/h3-7,12-13H. The number of hydrogen-bond acceptors (Lipinski definition) is 2. The Kier molecular flexibility index (Phi) is 1.93. The van der Waals surface area contributed by atoms with Crippen LogP contribution in [0.25, 0.3) is 12.2 Å². The van der Waals surface area contributed by atoms with Crippen LogP contribution in [-0.2, 0) is 0 Å². The monoisotopic (exact) mass is 170 g/mol. The molecule has 0 aromatic heterocycles. The molecular weight excluding hydrogens is 163 g/mol. The highest BCUT2D eigenvalue weighted by Crippen LogP contribution is 2.12. The predicted octanol–water partition coefficient (Wildman–Crippen LogP) is 0.160. The normalized spacial score (nSPS) is 11.5. The zero-order chi connectivity index (χ0) is 9.26. The van der Waals surface area contributed by atoms with Crippen molar-refractivity contribution in [1.82, 2.24) is 0 Å². The second-order valence-corrected chi connectivity index (χ2v) is 2.84. The molecule has 0 fully saturated rings. The Morgan fingerprint density at radius 1 is 1.00 bits per heavy atom. The smallest absolute Gasteiger partial charge is 0.423 e. The van der Waals surface area contributed by atoms with Gasteiger partial charge in [0.2, 0.25) is 0 Å². The van der Waals surface area contributed by atoms with Crippen molar-refractivity contribution in [2.75, 3.05) is 0 Å². The molecule has 13 heavy (non-hydrogen) atoms. The summed E-state index contributed by atoms with van der Waals surface area (Å²) in [5.41, 5.74) is 8.09. The molecule has 1 aliphatic rings. The fourth-order valence-corrected chi connectivity index (χ4v) is 1.25. The number of benzene rings is 1. The predicted molar refractivity (Wildman–Crippen MR) is 52.2 cm³/mol. The van der Waals surface area contributed by atoms with Crippen LogP contribution in [0.2, 0.25) is 0 Å². The fourth-order valence-electron chi connectivity index (χ4n) is 1.25. The topological polar surface area (TPSA) is 40.5 Å². The van der Waals surface area contributed by atoms with E-state index in [0.717, 1.165) is 11.1 Å². The molecule has 2 nitrogen and oxygen atoms in total. The summed E-state index contributed by atoms with van der Waals surface area (Å²) in [5, 5.41) is 17.8. The van der Waals surface area contributed by atoms with E-state index in [4.69, 9.17) is 10.0 Å². The lowest BCUT2D eigenvalue weighted by Gasteiger charge is -2.04. The van der Waals surface area contributed by atoms with E-state index in [2.05, 4.69) is 11.5 Å². The maximum absolute atomic E-state index is 8.92. The molecule has 3 heteroatoms. The van der Waals surface area contributed by atoms with Gasteiger partial charge in [-0.2, -0.15) is 0 Å². The highest BCUT2D eigenvalue weighted by molar-refractivity contribution is 6.58. The SMILES string of the molecule is OB(O)c1ccc2c(c1)C=C=C=C2. The average molecular weight is 170 g/mol. The first-order chi connectivity index (χ1) is 6.27. The molecule has 0 spiro atoms. The molecule has 62 valence electrons. The zero-order valence-corrected chi connectivity index (χ0v) is 6.86. The van der Waals surface area contributed by atoms with Crippen LogP contribution in [0, 0.1) is 0 Å². The Hall–Kier alpha value is -1.50. The van der Waals surface area contributed by atoms with E-state index in [-0.39, 0.29) is 0 Å². The third kappa shape index (κ3) is 1.50. The maximum Gasteiger partial charge on any atom is 0.488 e. The fraction of sp³-hybridized carbons (Fsp3) is 0.